The Bertz CT molecular complexity index is 660. The summed E-state index contributed by atoms with van der Waals surface area (Å²) in [6, 6.07) is 19.9. The minimum absolute atomic E-state index is 0. The van der Waals surface area contributed by atoms with E-state index < -0.39 is 0 Å². The second-order valence-corrected chi connectivity index (χ2v) is 6.41. The Hall–Kier alpha value is -1.41. The first-order chi connectivity index (χ1) is 10.9. The zero-order valence-electron chi connectivity index (χ0n) is 15.2. The molecule has 0 spiro atoms. The number of rotatable bonds is 2. The average Bonchev–Trinajstić information content (AvgIpc) is 2.72. The summed E-state index contributed by atoms with van der Waals surface area (Å²) in [5, 5.41) is 4.44. The molecule has 1 nitrogen and oxygen atoms in total. The van der Waals surface area contributed by atoms with Gasteiger partial charge in [-0.2, -0.15) is 11.1 Å². The third-order valence-corrected chi connectivity index (χ3v) is 4.33. The molecule has 2 heteroatoms. The van der Waals surface area contributed by atoms with Crippen LogP contribution in [0.15, 0.2) is 77.4 Å². The number of nitrogens with zero attached hydrogens (tertiary/aromatic N) is 1. The predicted molar refractivity (Wildman–Crippen MR) is 100 cm³/mol. The third-order valence-electron chi connectivity index (χ3n) is 4.33. The van der Waals surface area contributed by atoms with Crippen molar-refractivity contribution in [3.8, 4) is 0 Å². The molecule has 0 fully saturated rings. The van der Waals surface area contributed by atoms with Gasteiger partial charge >= 0.3 is 0 Å². The van der Waals surface area contributed by atoms with Gasteiger partial charge in [0.1, 0.15) is 0 Å². The van der Waals surface area contributed by atoms with Crippen LogP contribution in [0.5, 0.6) is 0 Å². The van der Waals surface area contributed by atoms with Gasteiger partial charge in [-0.1, -0.05) is 93.8 Å². The van der Waals surface area contributed by atoms with E-state index >= 15 is 0 Å². The molecule has 24 heavy (non-hydrogen) atoms. The first-order valence-corrected chi connectivity index (χ1v) is 8.02. The molecule has 0 aliphatic heterocycles. The molecule has 0 aromatic heterocycles. The third kappa shape index (κ3) is 5.59. The zero-order valence-corrected chi connectivity index (χ0v) is 18.8. The van der Waals surface area contributed by atoms with Gasteiger partial charge in [0.25, 0.3) is 0 Å². The molecular weight excluding hydrogens is 457 g/mol. The maximum atomic E-state index is 4.44. The Morgan fingerprint density at radius 3 is 1.42 bits per heavy atom. The van der Waals surface area contributed by atoms with Crippen molar-refractivity contribution in [3.05, 3.63) is 88.8 Å². The molecule has 0 radical (unpaired) electrons. The molecule has 0 saturated heterocycles. The average molecular weight is 482 g/mol. The summed E-state index contributed by atoms with van der Waals surface area (Å²) in [5.74, 6) is 0. The van der Waals surface area contributed by atoms with Crippen molar-refractivity contribution in [2.75, 3.05) is 0 Å². The number of benzene rings is 2. The van der Waals surface area contributed by atoms with E-state index in [4.69, 9.17) is 0 Å². The van der Waals surface area contributed by atoms with Gasteiger partial charge in [0, 0.05) is 25.8 Å². The molecule has 3 rings (SSSR count). The van der Waals surface area contributed by atoms with Crippen LogP contribution < -0.4 is 0 Å². The molecule has 124 valence electrons. The summed E-state index contributed by atoms with van der Waals surface area (Å²) < 4.78 is 0. The van der Waals surface area contributed by atoms with Gasteiger partial charge in [-0.3, -0.25) is 6.08 Å². The van der Waals surface area contributed by atoms with E-state index in [0.717, 1.165) is 11.4 Å². The van der Waals surface area contributed by atoms with E-state index in [-0.39, 0.29) is 31.3 Å². The van der Waals surface area contributed by atoms with Crippen molar-refractivity contribution in [1.82, 2.24) is 0 Å². The van der Waals surface area contributed by atoms with Crippen LogP contribution in [0.25, 0.3) is 5.32 Å². The molecule has 2 aromatic carbocycles. The molecule has 0 heterocycles. The van der Waals surface area contributed by atoms with Crippen LogP contribution in [0.3, 0.4) is 0 Å². The van der Waals surface area contributed by atoms with Crippen LogP contribution in [-0.2, 0) is 25.8 Å². The molecular formula is C22H25HfN-2. The smallest absolute Gasteiger partial charge is 0 e. The maximum absolute atomic E-state index is 4.44. The Labute approximate surface area is 165 Å². The molecule has 0 N–H and O–H groups in total. The second kappa shape index (κ2) is 9.17. The minimum Gasteiger partial charge on any atom is -0.658 e. The number of allylic oxidation sites excluding steroid dienone is 4. The van der Waals surface area contributed by atoms with E-state index in [1.54, 1.807) is 0 Å². The largest absolute Gasteiger partial charge is 0.658 e. The van der Waals surface area contributed by atoms with Crippen LogP contribution in [0, 0.1) is 11.5 Å². The Morgan fingerprint density at radius 1 is 0.750 bits per heavy atom. The summed E-state index contributed by atoms with van der Waals surface area (Å²) in [6.07, 6.45) is 3.44. The SMILES string of the molecule is CC1=[C-]C(C)(C)C(C)=C1C.[Hf].c1ccc([N-]c2ccccc2)cc1. The standard InChI is InChI=1S/C12H10N.C10H15.Hf/c1-3-7-11(8-4-1)13-12-9-5-2-6-10-12;1-7-6-10(4,5)9(3)8(7)2;/h1-10H;1-5H3;/q2*-1;. The number of hydrogen-bond donors (Lipinski definition) is 0. The molecule has 0 bridgehead atoms. The van der Waals surface area contributed by atoms with Crippen LogP contribution in [0.1, 0.15) is 34.6 Å². The molecule has 0 amide bonds. The Kier molecular flexibility index (Phi) is 7.89. The predicted octanol–water partition coefficient (Wildman–Crippen LogP) is 7.13. The second-order valence-electron chi connectivity index (χ2n) is 6.41. The van der Waals surface area contributed by atoms with Crippen molar-refractivity contribution in [2.24, 2.45) is 5.41 Å². The first-order valence-electron chi connectivity index (χ1n) is 8.02. The van der Waals surface area contributed by atoms with Crippen LogP contribution >= 0.6 is 0 Å². The van der Waals surface area contributed by atoms with Crippen LogP contribution in [-0.4, -0.2) is 0 Å². The fourth-order valence-electron chi connectivity index (χ4n) is 2.56. The summed E-state index contributed by atoms with van der Waals surface area (Å²) in [6.45, 7) is 10.9. The van der Waals surface area contributed by atoms with Gasteiger partial charge in [-0.25, -0.2) is 5.57 Å². The summed E-state index contributed by atoms with van der Waals surface area (Å²) in [4.78, 5) is 0. The van der Waals surface area contributed by atoms with E-state index in [1.807, 2.05) is 60.7 Å². The van der Waals surface area contributed by atoms with E-state index in [2.05, 4.69) is 46.0 Å². The molecule has 0 unspecified atom stereocenters. The number of hydrogen-bond acceptors (Lipinski definition) is 0. The molecule has 1 aliphatic rings. The Morgan fingerprint density at radius 2 is 1.17 bits per heavy atom. The van der Waals surface area contributed by atoms with E-state index in [9.17, 15) is 0 Å². The molecule has 0 atom stereocenters. The van der Waals surface area contributed by atoms with Crippen LogP contribution in [0.4, 0.5) is 11.4 Å². The first kappa shape index (κ1) is 20.6. The Balaban J connectivity index is 0.000000238. The normalized spacial score (nSPS) is 15.0. The van der Waals surface area contributed by atoms with Crippen molar-refractivity contribution >= 4 is 11.4 Å². The van der Waals surface area contributed by atoms with Crippen molar-refractivity contribution in [1.29, 1.82) is 0 Å². The van der Waals surface area contributed by atoms with Crippen molar-refractivity contribution < 1.29 is 25.8 Å². The van der Waals surface area contributed by atoms with Gasteiger partial charge in [0.2, 0.25) is 0 Å². The summed E-state index contributed by atoms with van der Waals surface area (Å²) in [7, 11) is 0. The molecule has 2 aromatic rings. The monoisotopic (exact) mass is 483 g/mol. The van der Waals surface area contributed by atoms with Gasteiger partial charge in [0.15, 0.2) is 0 Å². The fraction of sp³-hybridized carbons (Fsp3) is 0.273. The van der Waals surface area contributed by atoms with Crippen molar-refractivity contribution in [2.45, 2.75) is 34.6 Å². The van der Waals surface area contributed by atoms with Gasteiger partial charge in [0.05, 0.1) is 0 Å². The molecule has 1 aliphatic carbocycles. The number of para-hydroxylation sites is 2. The van der Waals surface area contributed by atoms with Gasteiger partial charge in [-0.05, 0) is 0 Å². The maximum Gasteiger partial charge on any atom is 0 e. The summed E-state index contributed by atoms with van der Waals surface area (Å²) >= 11 is 0. The topological polar surface area (TPSA) is 14.1 Å². The fourth-order valence-corrected chi connectivity index (χ4v) is 2.56. The zero-order chi connectivity index (χ0) is 16.9. The van der Waals surface area contributed by atoms with Gasteiger partial charge < -0.3 is 5.32 Å². The summed E-state index contributed by atoms with van der Waals surface area (Å²) in [5.41, 5.74) is 6.38. The quantitative estimate of drug-likeness (QED) is 0.320. The van der Waals surface area contributed by atoms with Crippen molar-refractivity contribution in [3.63, 3.8) is 0 Å². The van der Waals surface area contributed by atoms with Gasteiger partial charge in [-0.15, -0.1) is 18.3 Å². The van der Waals surface area contributed by atoms with E-state index in [0.29, 0.717) is 0 Å². The molecule has 0 saturated carbocycles. The minimum atomic E-state index is 0. The van der Waals surface area contributed by atoms with E-state index in [1.165, 1.54) is 16.7 Å². The van der Waals surface area contributed by atoms with Crippen LogP contribution in [0.2, 0.25) is 0 Å².